The van der Waals surface area contributed by atoms with Crippen LogP contribution >= 0.6 is 15.9 Å². The summed E-state index contributed by atoms with van der Waals surface area (Å²) in [5.41, 5.74) is 0.385. The minimum atomic E-state index is -0.710. The van der Waals surface area contributed by atoms with E-state index in [1.165, 1.54) is 37.4 Å². The van der Waals surface area contributed by atoms with Gasteiger partial charge in [0.1, 0.15) is 18.2 Å². The van der Waals surface area contributed by atoms with Crippen molar-refractivity contribution < 1.29 is 27.8 Å². The number of rotatable bonds is 6. The standard InChI is InChI=1S/C16H13BrF2O4/c1-21-14-5-3-12(18)6-10(14)8-23-16(20)9-22-15-4-2-11(17)7-13(15)19/h2-7H,8-9H2,1H3. The smallest absolute Gasteiger partial charge is 0.344 e. The highest BCUT2D eigenvalue weighted by molar-refractivity contribution is 9.10. The van der Waals surface area contributed by atoms with Crippen LogP contribution in [0.15, 0.2) is 40.9 Å². The maximum Gasteiger partial charge on any atom is 0.344 e. The van der Waals surface area contributed by atoms with E-state index in [4.69, 9.17) is 14.2 Å². The van der Waals surface area contributed by atoms with E-state index in [0.29, 0.717) is 15.8 Å². The highest BCUT2D eigenvalue weighted by Crippen LogP contribution is 2.22. The van der Waals surface area contributed by atoms with Gasteiger partial charge < -0.3 is 14.2 Å². The number of methoxy groups -OCH3 is 1. The molecule has 2 aromatic rings. The molecule has 0 radical (unpaired) electrons. The Morgan fingerprint density at radius 2 is 1.87 bits per heavy atom. The molecule has 0 aromatic heterocycles. The van der Waals surface area contributed by atoms with Gasteiger partial charge in [0.2, 0.25) is 0 Å². The summed E-state index contributed by atoms with van der Waals surface area (Å²) in [6, 6.07) is 8.08. The summed E-state index contributed by atoms with van der Waals surface area (Å²) in [6.45, 7) is -0.637. The lowest BCUT2D eigenvalue weighted by Gasteiger charge is -2.10. The van der Waals surface area contributed by atoms with E-state index in [0.717, 1.165) is 0 Å². The van der Waals surface area contributed by atoms with Gasteiger partial charge in [-0.1, -0.05) is 15.9 Å². The minimum Gasteiger partial charge on any atom is -0.496 e. The van der Waals surface area contributed by atoms with Crippen molar-refractivity contribution in [3.8, 4) is 11.5 Å². The maximum absolute atomic E-state index is 13.5. The van der Waals surface area contributed by atoms with Crippen LogP contribution in [0.25, 0.3) is 0 Å². The Labute approximate surface area is 140 Å². The van der Waals surface area contributed by atoms with Crippen LogP contribution in [0.5, 0.6) is 11.5 Å². The van der Waals surface area contributed by atoms with Gasteiger partial charge in [0.05, 0.1) is 7.11 Å². The third-order valence-corrected chi connectivity index (χ3v) is 3.36. The van der Waals surface area contributed by atoms with Crippen molar-refractivity contribution in [2.45, 2.75) is 6.61 Å². The molecular weight excluding hydrogens is 374 g/mol. The van der Waals surface area contributed by atoms with Crippen LogP contribution in [-0.4, -0.2) is 19.7 Å². The molecule has 0 heterocycles. The van der Waals surface area contributed by atoms with Crippen LogP contribution in [0.3, 0.4) is 0 Å². The normalized spacial score (nSPS) is 10.3. The lowest BCUT2D eigenvalue weighted by Crippen LogP contribution is -2.15. The van der Waals surface area contributed by atoms with Gasteiger partial charge in [-0.3, -0.25) is 0 Å². The molecule has 2 aromatic carbocycles. The molecule has 0 aliphatic rings. The molecule has 0 fully saturated rings. The summed E-state index contributed by atoms with van der Waals surface area (Å²) in [7, 11) is 1.43. The number of halogens is 3. The Bertz CT molecular complexity index is 706. The van der Waals surface area contributed by atoms with Crippen molar-refractivity contribution in [2.24, 2.45) is 0 Å². The second kappa shape index (κ2) is 7.92. The quantitative estimate of drug-likeness (QED) is 0.707. The molecule has 2 rings (SSSR count). The number of ether oxygens (including phenoxy) is 3. The third-order valence-electron chi connectivity index (χ3n) is 2.87. The molecule has 4 nitrogen and oxygen atoms in total. The first-order chi connectivity index (χ1) is 11.0. The fourth-order valence-electron chi connectivity index (χ4n) is 1.79. The minimum absolute atomic E-state index is 0.0616. The zero-order valence-electron chi connectivity index (χ0n) is 12.1. The lowest BCUT2D eigenvalue weighted by atomic mass is 10.2. The average molecular weight is 387 g/mol. The van der Waals surface area contributed by atoms with Crippen molar-refractivity contribution in [3.63, 3.8) is 0 Å². The summed E-state index contributed by atoms with van der Waals surface area (Å²) in [5, 5.41) is 0. The summed E-state index contributed by atoms with van der Waals surface area (Å²) >= 11 is 3.12. The SMILES string of the molecule is COc1ccc(F)cc1COC(=O)COc1ccc(Br)cc1F. The molecule has 0 aliphatic carbocycles. The van der Waals surface area contributed by atoms with E-state index in [1.54, 1.807) is 6.07 Å². The number of carbonyl (C=O) groups is 1. The fraction of sp³-hybridized carbons (Fsp3) is 0.188. The van der Waals surface area contributed by atoms with Crippen LogP contribution in [0.4, 0.5) is 8.78 Å². The van der Waals surface area contributed by atoms with Crippen LogP contribution in [0, 0.1) is 11.6 Å². The highest BCUT2D eigenvalue weighted by Gasteiger charge is 2.11. The molecule has 23 heavy (non-hydrogen) atoms. The van der Waals surface area contributed by atoms with E-state index in [2.05, 4.69) is 15.9 Å². The first kappa shape index (κ1) is 17.2. The van der Waals surface area contributed by atoms with Crippen LogP contribution in [-0.2, 0) is 16.1 Å². The predicted octanol–water partition coefficient (Wildman–Crippen LogP) is 3.86. The van der Waals surface area contributed by atoms with E-state index < -0.39 is 24.2 Å². The fourth-order valence-corrected chi connectivity index (χ4v) is 2.12. The summed E-state index contributed by atoms with van der Waals surface area (Å²) in [5.74, 6) is -1.44. The number of carbonyl (C=O) groups excluding carboxylic acids is 1. The summed E-state index contributed by atoms with van der Waals surface area (Å²) in [6.07, 6.45) is 0. The zero-order valence-corrected chi connectivity index (χ0v) is 13.7. The topological polar surface area (TPSA) is 44.8 Å². The molecule has 0 saturated carbocycles. The number of benzene rings is 2. The predicted molar refractivity (Wildman–Crippen MR) is 82.3 cm³/mol. The molecular formula is C16H13BrF2O4. The molecule has 0 amide bonds. The van der Waals surface area contributed by atoms with Gasteiger partial charge in [-0.15, -0.1) is 0 Å². The zero-order chi connectivity index (χ0) is 16.8. The van der Waals surface area contributed by atoms with Gasteiger partial charge in [0.25, 0.3) is 0 Å². The van der Waals surface area contributed by atoms with E-state index in [-0.39, 0.29) is 12.4 Å². The summed E-state index contributed by atoms with van der Waals surface area (Å²) < 4.78 is 42.3. The molecule has 0 N–H and O–H groups in total. The van der Waals surface area contributed by atoms with Crippen molar-refractivity contribution in [1.82, 2.24) is 0 Å². The molecule has 0 spiro atoms. The molecule has 0 bridgehead atoms. The number of esters is 1. The molecule has 7 heteroatoms. The number of hydrogen-bond acceptors (Lipinski definition) is 4. The monoisotopic (exact) mass is 386 g/mol. The Hall–Kier alpha value is -2.15. The van der Waals surface area contributed by atoms with Crippen LogP contribution in [0.2, 0.25) is 0 Å². The molecule has 0 saturated heterocycles. The molecule has 0 aliphatic heterocycles. The first-order valence-electron chi connectivity index (χ1n) is 6.55. The van der Waals surface area contributed by atoms with Gasteiger partial charge in [0.15, 0.2) is 18.2 Å². The maximum atomic E-state index is 13.5. The Morgan fingerprint density at radius 1 is 1.13 bits per heavy atom. The van der Waals surface area contributed by atoms with Crippen LogP contribution in [0.1, 0.15) is 5.56 Å². The van der Waals surface area contributed by atoms with Gasteiger partial charge in [-0.25, -0.2) is 13.6 Å². The van der Waals surface area contributed by atoms with E-state index >= 15 is 0 Å². The van der Waals surface area contributed by atoms with Gasteiger partial charge in [-0.05, 0) is 36.4 Å². The van der Waals surface area contributed by atoms with Crippen molar-refractivity contribution in [2.75, 3.05) is 13.7 Å². The lowest BCUT2D eigenvalue weighted by molar-refractivity contribution is -0.147. The second-order valence-electron chi connectivity index (χ2n) is 4.48. The van der Waals surface area contributed by atoms with Crippen molar-refractivity contribution in [1.29, 1.82) is 0 Å². The van der Waals surface area contributed by atoms with Crippen molar-refractivity contribution in [3.05, 3.63) is 58.1 Å². The first-order valence-corrected chi connectivity index (χ1v) is 7.35. The summed E-state index contributed by atoms with van der Waals surface area (Å²) in [4.78, 5) is 11.6. The van der Waals surface area contributed by atoms with E-state index in [9.17, 15) is 13.6 Å². The largest absolute Gasteiger partial charge is 0.496 e. The van der Waals surface area contributed by atoms with Crippen LogP contribution < -0.4 is 9.47 Å². The highest BCUT2D eigenvalue weighted by atomic mass is 79.9. The molecule has 0 atom stereocenters. The Balaban J connectivity index is 1.89. The Morgan fingerprint density at radius 3 is 2.57 bits per heavy atom. The third kappa shape index (κ3) is 4.92. The molecule has 122 valence electrons. The second-order valence-corrected chi connectivity index (χ2v) is 5.40. The van der Waals surface area contributed by atoms with Crippen molar-refractivity contribution >= 4 is 21.9 Å². The van der Waals surface area contributed by atoms with Gasteiger partial charge >= 0.3 is 5.97 Å². The number of hydrogen-bond donors (Lipinski definition) is 0. The van der Waals surface area contributed by atoms with E-state index in [1.807, 2.05) is 0 Å². The van der Waals surface area contributed by atoms with Gasteiger partial charge in [-0.2, -0.15) is 0 Å². The molecule has 0 unspecified atom stereocenters. The van der Waals surface area contributed by atoms with Gasteiger partial charge in [0, 0.05) is 10.0 Å². The average Bonchev–Trinajstić information content (AvgIpc) is 2.52. The Kier molecular flexibility index (Phi) is 5.92.